The van der Waals surface area contributed by atoms with Crippen LogP contribution in [0, 0.1) is 6.92 Å². The molecule has 0 aromatic heterocycles. The molecule has 32 heavy (non-hydrogen) atoms. The highest BCUT2D eigenvalue weighted by molar-refractivity contribution is 6.30. The highest BCUT2D eigenvalue weighted by Gasteiger charge is 2.18. The number of benzene rings is 3. The Labute approximate surface area is 197 Å². The number of anilines is 1. The number of ether oxygens (including phenoxy) is 1. The van der Waals surface area contributed by atoms with Crippen LogP contribution in [0.2, 0.25) is 5.02 Å². The summed E-state index contributed by atoms with van der Waals surface area (Å²) in [5.74, 6) is 0. The summed E-state index contributed by atoms with van der Waals surface area (Å²) in [6, 6.07) is 27.1. The molecule has 0 radical (unpaired) electrons. The summed E-state index contributed by atoms with van der Waals surface area (Å²) < 4.78 is 6.36. The van der Waals surface area contributed by atoms with Crippen molar-refractivity contribution < 1.29 is 4.74 Å². The first-order valence-corrected chi connectivity index (χ1v) is 12.0. The zero-order valence-electron chi connectivity index (χ0n) is 18.9. The Morgan fingerprint density at radius 3 is 2.16 bits per heavy atom. The minimum absolute atomic E-state index is 0.0499. The third kappa shape index (κ3) is 6.13. The average Bonchev–Trinajstić information content (AvgIpc) is 2.84. The van der Waals surface area contributed by atoms with Gasteiger partial charge in [-0.15, -0.1) is 0 Å². The Bertz CT molecular complexity index is 953. The van der Waals surface area contributed by atoms with Gasteiger partial charge in [0.2, 0.25) is 0 Å². The maximum absolute atomic E-state index is 6.36. The van der Waals surface area contributed by atoms with Crippen molar-refractivity contribution in [2.24, 2.45) is 0 Å². The molecule has 0 saturated carbocycles. The maximum Gasteiger partial charge on any atom is 0.108 e. The summed E-state index contributed by atoms with van der Waals surface area (Å²) in [5.41, 5.74) is 5.08. The van der Waals surface area contributed by atoms with Gasteiger partial charge in [-0.1, -0.05) is 72.3 Å². The summed E-state index contributed by atoms with van der Waals surface area (Å²) in [6.07, 6.45) is 2.17. The molecule has 1 heterocycles. The molecule has 4 heteroatoms. The standard InChI is InChI=1S/C28H33ClN2O/c1-23-9-5-6-12-27(23)31-20-18-30(19-21-31)17-7-8-22-32-28(24-10-3-2-4-11-24)25-13-15-26(29)16-14-25/h2-6,9-16,28H,7-8,17-22H2,1H3. The van der Waals surface area contributed by atoms with Crippen molar-refractivity contribution in [1.82, 2.24) is 4.90 Å². The van der Waals surface area contributed by atoms with Crippen molar-refractivity contribution in [2.45, 2.75) is 25.9 Å². The van der Waals surface area contributed by atoms with Crippen molar-refractivity contribution in [3.05, 3.63) is 101 Å². The number of hydrogen-bond donors (Lipinski definition) is 0. The van der Waals surface area contributed by atoms with Gasteiger partial charge in [-0.3, -0.25) is 4.90 Å². The van der Waals surface area contributed by atoms with Crippen LogP contribution < -0.4 is 4.90 Å². The molecule has 1 aliphatic rings. The first-order chi connectivity index (χ1) is 15.7. The van der Waals surface area contributed by atoms with Gasteiger partial charge in [0, 0.05) is 43.5 Å². The summed E-state index contributed by atoms with van der Waals surface area (Å²) in [6.45, 7) is 8.57. The summed E-state index contributed by atoms with van der Waals surface area (Å²) in [4.78, 5) is 5.11. The van der Waals surface area contributed by atoms with Gasteiger partial charge in [0.25, 0.3) is 0 Å². The minimum atomic E-state index is -0.0499. The lowest BCUT2D eigenvalue weighted by molar-refractivity contribution is 0.0751. The van der Waals surface area contributed by atoms with E-state index in [4.69, 9.17) is 16.3 Å². The van der Waals surface area contributed by atoms with E-state index < -0.39 is 0 Å². The molecule has 0 N–H and O–H groups in total. The molecule has 0 spiro atoms. The van der Waals surface area contributed by atoms with Crippen molar-refractivity contribution in [1.29, 1.82) is 0 Å². The van der Waals surface area contributed by atoms with Gasteiger partial charge in [0.05, 0.1) is 0 Å². The Balaban J connectivity index is 1.22. The fraction of sp³-hybridized carbons (Fsp3) is 0.357. The molecule has 0 aliphatic carbocycles. The Hall–Kier alpha value is -2.33. The first-order valence-electron chi connectivity index (χ1n) is 11.7. The van der Waals surface area contributed by atoms with Gasteiger partial charge < -0.3 is 9.64 Å². The van der Waals surface area contributed by atoms with Gasteiger partial charge in [-0.25, -0.2) is 0 Å². The minimum Gasteiger partial charge on any atom is -0.369 e. The predicted molar refractivity (Wildman–Crippen MR) is 135 cm³/mol. The predicted octanol–water partition coefficient (Wildman–Crippen LogP) is 6.36. The second kappa shape index (κ2) is 11.5. The number of piperazine rings is 1. The summed E-state index contributed by atoms with van der Waals surface area (Å²) >= 11 is 6.08. The molecule has 1 aliphatic heterocycles. The molecule has 0 bridgehead atoms. The van der Waals surface area contributed by atoms with Gasteiger partial charge >= 0.3 is 0 Å². The van der Waals surface area contributed by atoms with Gasteiger partial charge in [0.1, 0.15) is 6.10 Å². The Morgan fingerprint density at radius 2 is 1.44 bits per heavy atom. The van der Waals surface area contributed by atoms with Gasteiger partial charge in [-0.05, 0) is 61.2 Å². The van der Waals surface area contributed by atoms with E-state index in [9.17, 15) is 0 Å². The number of nitrogens with zero attached hydrogens (tertiary/aromatic N) is 2. The fourth-order valence-electron chi connectivity index (χ4n) is 4.42. The van der Waals surface area contributed by atoms with Crippen LogP contribution >= 0.6 is 11.6 Å². The van der Waals surface area contributed by atoms with Crippen molar-refractivity contribution in [3.8, 4) is 0 Å². The molecule has 1 saturated heterocycles. The monoisotopic (exact) mass is 448 g/mol. The van der Waals surface area contributed by atoms with Crippen LogP contribution in [0.1, 0.15) is 35.6 Å². The number of hydrogen-bond acceptors (Lipinski definition) is 3. The fourth-order valence-corrected chi connectivity index (χ4v) is 4.55. The Kier molecular flexibility index (Phi) is 8.22. The normalized spacial score (nSPS) is 15.6. The lowest BCUT2D eigenvalue weighted by Crippen LogP contribution is -2.46. The first kappa shape index (κ1) is 22.8. The van der Waals surface area contributed by atoms with Crippen LogP contribution in [0.4, 0.5) is 5.69 Å². The SMILES string of the molecule is Cc1ccccc1N1CCN(CCCCOC(c2ccccc2)c2ccc(Cl)cc2)CC1. The van der Waals surface area contributed by atoms with Gasteiger partial charge in [-0.2, -0.15) is 0 Å². The zero-order chi connectivity index (χ0) is 22.2. The van der Waals surface area contributed by atoms with E-state index in [0.29, 0.717) is 0 Å². The van der Waals surface area contributed by atoms with Crippen LogP contribution in [0.3, 0.4) is 0 Å². The topological polar surface area (TPSA) is 15.7 Å². The molecule has 1 fully saturated rings. The average molecular weight is 449 g/mol. The van der Waals surface area contributed by atoms with E-state index in [1.807, 2.05) is 18.2 Å². The summed E-state index contributed by atoms with van der Waals surface area (Å²) in [5, 5.41) is 0.753. The molecule has 3 nitrogen and oxygen atoms in total. The van der Waals surface area contributed by atoms with E-state index in [1.165, 1.54) is 16.8 Å². The lowest BCUT2D eigenvalue weighted by Gasteiger charge is -2.36. The zero-order valence-corrected chi connectivity index (χ0v) is 19.7. The second-order valence-corrected chi connectivity index (χ2v) is 8.97. The number of para-hydroxylation sites is 1. The molecule has 1 atom stereocenters. The van der Waals surface area contributed by atoms with E-state index in [2.05, 4.69) is 77.4 Å². The molecular formula is C28H33ClN2O. The highest BCUT2D eigenvalue weighted by Crippen LogP contribution is 2.27. The van der Waals surface area contributed by atoms with E-state index in [1.54, 1.807) is 0 Å². The lowest BCUT2D eigenvalue weighted by atomic mass is 10.0. The maximum atomic E-state index is 6.36. The third-order valence-electron chi connectivity index (χ3n) is 6.26. The van der Waals surface area contributed by atoms with Crippen molar-refractivity contribution >= 4 is 17.3 Å². The van der Waals surface area contributed by atoms with Crippen molar-refractivity contribution in [2.75, 3.05) is 44.2 Å². The molecule has 168 valence electrons. The van der Waals surface area contributed by atoms with Crippen LogP contribution in [0.15, 0.2) is 78.9 Å². The smallest absolute Gasteiger partial charge is 0.108 e. The summed E-state index contributed by atoms with van der Waals surface area (Å²) in [7, 11) is 0. The third-order valence-corrected chi connectivity index (χ3v) is 6.51. The molecule has 1 unspecified atom stereocenters. The number of aryl methyl sites for hydroxylation is 1. The highest BCUT2D eigenvalue weighted by atomic mass is 35.5. The van der Waals surface area contributed by atoms with Crippen molar-refractivity contribution in [3.63, 3.8) is 0 Å². The number of halogens is 1. The number of unbranched alkanes of at least 4 members (excludes halogenated alkanes) is 1. The number of rotatable bonds is 9. The molecular weight excluding hydrogens is 416 g/mol. The van der Waals surface area contributed by atoms with Crippen LogP contribution in [0.25, 0.3) is 0 Å². The molecule has 3 aromatic carbocycles. The second-order valence-electron chi connectivity index (χ2n) is 8.54. The quantitative estimate of drug-likeness (QED) is 0.354. The van der Waals surface area contributed by atoms with E-state index in [-0.39, 0.29) is 6.10 Å². The Morgan fingerprint density at radius 1 is 0.781 bits per heavy atom. The van der Waals surface area contributed by atoms with E-state index in [0.717, 1.165) is 62.8 Å². The largest absolute Gasteiger partial charge is 0.369 e. The van der Waals surface area contributed by atoms with Crippen LogP contribution in [-0.4, -0.2) is 44.2 Å². The van der Waals surface area contributed by atoms with E-state index >= 15 is 0 Å². The molecule has 3 aromatic rings. The molecule has 4 rings (SSSR count). The molecule has 0 amide bonds. The van der Waals surface area contributed by atoms with Crippen LogP contribution in [-0.2, 0) is 4.74 Å². The van der Waals surface area contributed by atoms with Gasteiger partial charge in [0.15, 0.2) is 0 Å². The van der Waals surface area contributed by atoms with Crippen LogP contribution in [0.5, 0.6) is 0 Å².